The first-order valence-electron chi connectivity index (χ1n) is 6.54. The van der Waals surface area contributed by atoms with Gasteiger partial charge in [-0.2, -0.15) is 0 Å². The first kappa shape index (κ1) is 13.6. The molecule has 1 aromatic carbocycles. The Morgan fingerprint density at radius 2 is 1.78 bits per heavy atom. The predicted molar refractivity (Wildman–Crippen MR) is 74.8 cm³/mol. The summed E-state index contributed by atoms with van der Waals surface area (Å²) in [6.45, 7) is 6.29. The Hall–Kier alpha value is -0.830. The fraction of sp³-hybridized carbons (Fsp3) is 0.600. The molecule has 0 unspecified atom stereocenters. The molecule has 1 aliphatic carbocycles. The topological polar surface area (TPSA) is 34.1 Å². The normalized spacial score (nSPS) is 17.6. The maximum atomic E-state index is 12.0. The molecule has 0 aromatic heterocycles. The molecule has 0 atom stereocenters. The van der Waals surface area contributed by atoms with Crippen molar-refractivity contribution in [3.8, 4) is 0 Å². The summed E-state index contributed by atoms with van der Waals surface area (Å²) in [5.41, 5.74) is 2.14. The van der Waals surface area contributed by atoms with E-state index in [1.165, 1.54) is 31.1 Å². The van der Waals surface area contributed by atoms with Gasteiger partial charge in [-0.1, -0.05) is 39.3 Å². The van der Waals surface area contributed by atoms with Gasteiger partial charge in [-0.05, 0) is 41.4 Å². The molecule has 100 valence electrons. The van der Waals surface area contributed by atoms with Crippen molar-refractivity contribution in [2.24, 2.45) is 0 Å². The second-order valence-corrected chi connectivity index (χ2v) is 8.35. The molecule has 0 saturated heterocycles. The SMILES string of the molecule is CC(C)(C)c1c(C2CCC2)cccc1S(C)(=O)=O. The maximum Gasteiger partial charge on any atom is 0.175 e. The molecule has 1 aromatic rings. The van der Waals surface area contributed by atoms with Crippen molar-refractivity contribution in [2.75, 3.05) is 6.26 Å². The number of hydrogen-bond donors (Lipinski definition) is 0. The van der Waals surface area contributed by atoms with Gasteiger partial charge in [-0.25, -0.2) is 8.42 Å². The van der Waals surface area contributed by atoms with Crippen LogP contribution in [-0.2, 0) is 15.3 Å². The minimum absolute atomic E-state index is 0.134. The average Bonchev–Trinajstić information content (AvgIpc) is 2.11. The van der Waals surface area contributed by atoms with Crippen LogP contribution in [0.15, 0.2) is 23.1 Å². The van der Waals surface area contributed by atoms with E-state index in [-0.39, 0.29) is 5.41 Å². The van der Waals surface area contributed by atoms with Crippen LogP contribution in [0, 0.1) is 0 Å². The van der Waals surface area contributed by atoms with Crippen molar-refractivity contribution >= 4 is 9.84 Å². The van der Waals surface area contributed by atoms with E-state index in [1.807, 2.05) is 6.07 Å². The minimum atomic E-state index is -3.16. The lowest BCUT2D eigenvalue weighted by Crippen LogP contribution is -2.22. The summed E-state index contributed by atoms with van der Waals surface area (Å²) in [4.78, 5) is 0.513. The second kappa shape index (κ2) is 4.37. The highest BCUT2D eigenvalue weighted by Crippen LogP contribution is 2.43. The highest BCUT2D eigenvalue weighted by molar-refractivity contribution is 7.90. The van der Waals surface area contributed by atoms with Gasteiger partial charge < -0.3 is 0 Å². The van der Waals surface area contributed by atoms with Gasteiger partial charge in [0.1, 0.15) is 0 Å². The van der Waals surface area contributed by atoms with Crippen molar-refractivity contribution in [2.45, 2.75) is 56.3 Å². The van der Waals surface area contributed by atoms with Crippen LogP contribution in [0.3, 0.4) is 0 Å². The van der Waals surface area contributed by atoms with Gasteiger partial charge in [-0.3, -0.25) is 0 Å². The molecule has 0 N–H and O–H groups in total. The van der Waals surface area contributed by atoms with Crippen LogP contribution in [0.4, 0.5) is 0 Å². The maximum absolute atomic E-state index is 12.0. The number of benzene rings is 1. The number of rotatable bonds is 2. The quantitative estimate of drug-likeness (QED) is 0.818. The van der Waals surface area contributed by atoms with E-state index >= 15 is 0 Å². The predicted octanol–water partition coefficient (Wildman–Crippen LogP) is 3.66. The second-order valence-electron chi connectivity index (χ2n) is 6.37. The smallest absolute Gasteiger partial charge is 0.175 e. The molecule has 1 saturated carbocycles. The van der Waals surface area contributed by atoms with Crippen molar-refractivity contribution < 1.29 is 8.42 Å². The zero-order valence-corrected chi connectivity index (χ0v) is 12.5. The van der Waals surface area contributed by atoms with Gasteiger partial charge in [0.25, 0.3) is 0 Å². The summed E-state index contributed by atoms with van der Waals surface area (Å²) in [6.07, 6.45) is 4.95. The third-order valence-electron chi connectivity index (χ3n) is 3.75. The molecule has 2 rings (SSSR count). The first-order chi connectivity index (χ1) is 8.21. The van der Waals surface area contributed by atoms with Crippen LogP contribution >= 0.6 is 0 Å². The van der Waals surface area contributed by atoms with Gasteiger partial charge in [0.15, 0.2) is 9.84 Å². The highest BCUT2D eigenvalue weighted by atomic mass is 32.2. The van der Waals surface area contributed by atoms with E-state index in [2.05, 4.69) is 26.8 Å². The summed E-state index contributed by atoms with van der Waals surface area (Å²) in [7, 11) is -3.16. The van der Waals surface area contributed by atoms with Crippen molar-refractivity contribution in [1.29, 1.82) is 0 Å². The highest BCUT2D eigenvalue weighted by Gasteiger charge is 2.31. The van der Waals surface area contributed by atoms with Crippen molar-refractivity contribution in [1.82, 2.24) is 0 Å². The van der Waals surface area contributed by atoms with Gasteiger partial charge in [-0.15, -0.1) is 0 Å². The molecule has 0 amide bonds. The lowest BCUT2D eigenvalue weighted by Gasteiger charge is -2.33. The molecule has 0 bridgehead atoms. The van der Waals surface area contributed by atoms with E-state index in [4.69, 9.17) is 0 Å². The zero-order chi connectivity index (χ0) is 13.6. The molecule has 0 heterocycles. The largest absolute Gasteiger partial charge is 0.224 e. The molecule has 0 spiro atoms. The lowest BCUT2D eigenvalue weighted by molar-refractivity contribution is 0.408. The van der Waals surface area contributed by atoms with E-state index < -0.39 is 9.84 Å². The first-order valence-corrected chi connectivity index (χ1v) is 8.44. The molecule has 3 heteroatoms. The standard InChI is InChI=1S/C15H22O2S/c1-15(2,3)14-12(11-7-5-8-11)9-6-10-13(14)18(4,16)17/h6,9-11H,5,7-8H2,1-4H3. The van der Waals surface area contributed by atoms with Crippen LogP contribution in [0.25, 0.3) is 0 Å². The minimum Gasteiger partial charge on any atom is -0.224 e. The Kier molecular flexibility index (Phi) is 3.30. The molecule has 1 fully saturated rings. The zero-order valence-electron chi connectivity index (χ0n) is 11.7. The molecule has 18 heavy (non-hydrogen) atoms. The Labute approximate surface area is 110 Å². The summed E-state index contributed by atoms with van der Waals surface area (Å²) in [5, 5.41) is 0. The monoisotopic (exact) mass is 266 g/mol. The summed E-state index contributed by atoms with van der Waals surface area (Å²) < 4.78 is 24.0. The molecule has 0 aliphatic heterocycles. The molecule has 2 nitrogen and oxygen atoms in total. The van der Waals surface area contributed by atoms with Gasteiger partial charge >= 0.3 is 0 Å². The van der Waals surface area contributed by atoms with Crippen LogP contribution in [0.1, 0.15) is 57.1 Å². The van der Waals surface area contributed by atoms with E-state index in [9.17, 15) is 8.42 Å². The van der Waals surface area contributed by atoms with E-state index in [1.54, 1.807) is 6.07 Å². The third kappa shape index (κ3) is 2.46. The summed E-state index contributed by atoms with van der Waals surface area (Å²) in [6, 6.07) is 5.75. The molecular formula is C15H22O2S. The van der Waals surface area contributed by atoms with E-state index in [0.29, 0.717) is 10.8 Å². The Balaban J connectivity index is 2.68. The number of sulfone groups is 1. The van der Waals surface area contributed by atoms with Gasteiger partial charge in [0.2, 0.25) is 0 Å². The fourth-order valence-corrected chi connectivity index (χ4v) is 3.84. The van der Waals surface area contributed by atoms with Gasteiger partial charge in [0.05, 0.1) is 4.90 Å². The van der Waals surface area contributed by atoms with Crippen LogP contribution in [0.5, 0.6) is 0 Å². The van der Waals surface area contributed by atoms with Crippen molar-refractivity contribution in [3.63, 3.8) is 0 Å². The summed E-state index contributed by atoms with van der Waals surface area (Å²) in [5.74, 6) is 0.556. The third-order valence-corrected chi connectivity index (χ3v) is 4.89. The Morgan fingerprint density at radius 1 is 1.17 bits per heavy atom. The van der Waals surface area contributed by atoms with Crippen LogP contribution in [0.2, 0.25) is 0 Å². The number of hydrogen-bond acceptors (Lipinski definition) is 2. The van der Waals surface area contributed by atoms with E-state index in [0.717, 1.165) is 5.56 Å². The van der Waals surface area contributed by atoms with Crippen LogP contribution < -0.4 is 0 Å². The van der Waals surface area contributed by atoms with Crippen LogP contribution in [-0.4, -0.2) is 14.7 Å². The molecule has 0 radical (unpaired) electrons. The molecular weight excluding hydrogens is 244 g/mol. The average molecular weight is 266 g/mol. The Morgan fingerprint density at radius 3 is 2.17 bits per heavy atom. The van der Waals surface area contributed by atoms with Gasteiger partial charge in [0, 0.05) is 6.26 Å². The fourth-order valence-electron chi connectivity index (χ4n) is 2.72. The Bertz CT molecular complexity index is 546. The van der Waals surface area contributed by atoms with Crippen molar-refractivity contribution in [3.05, 3.63) is 29.3 Å². The lowest BCUT2D eigenvalue weighted by atomic mass is 9.73. The molecule has 1 aliphatic rings. The summed E-state index contributed by atoms with van der Waals surface area (Å²) >= 11 is 0.